The summed E-state index contributed by atoms with van der Waals surface area (Å²) in [6.07, 6.45) is 6.30. The maximum Gasteiger partial charge on any atom is 0.233 e. The number of nitrogens with zero attached hydrogens (tertiary/aromatic N) is 3. The average molecular weight is 411 g/mol. The first-order valence-corrected chi connectivity index (χ1v) is 10.9. The molecule has 30 heavy (non-hydrogen) atoms. The molecule has 0 aromatic heterocycles. The highest BCUT2D eigenvalue weighted by molar-refractivity contribution is 6.06. The molecule has 2 heterocycles. The number of para-hydroxylation sites is 1. The predicted molar refractivity (Wildman–Crippen MR) is 109 cm³/mol. The summed E-state index contributed by atoms with van der Waals surface area (Å²) in [6, 6.07) is 6.66. The van der Waals surface area contributed by atoms with E-state index in [9.17, 15) is 18.8 Å². The van der Waals surface area contributed by atoms with Gasteiger partial charge in [0.05, 0.1) is 17.5 Å². The SMILES string of the molecule is O=C(CCN1C(=O)[C@@H]2[C@H](C1=O)[C@H]1C=C[C@H]2CC1)N1CCN(c2ccccc2F)CC1. The Kier molecular flexibility index (Phi) is 4.83. The largest absolute Gasteiger partial charge is 0.366 e. The molecule has 7 heteroatoms. The normalized spacial score (nSPS) is 30.2. The molecule has 0 N–H and O–H groups in total. The molecule has 158 valence electrons. The molecule has 3 amide bonds. The van der Waals surface area contributed by atoms with Gasteiger partial charge in [-0.2, -0.15) is 0 Å². The zero-order chi connectivity index (χ0) is 20.8. The van der Waals surface area contributed by atoms with Crippen molar-refractivity contribution in [2.45, 2.75) is 19.3 Å². The number of fused-ring (bicyclic) bond motifs is 1. The van der Waals surface area contributed by atoms with Crippen molar-refractivity contribution in [1.82, 2.24) is 9.80 Å². The highest BCUT2D eigenvalue weighted by Gasteiger charge is 2.56. The summed E-state index contributed by atoms with van der Waals surface area (Å²) in [5.74, 6) is -0.607. The summed E-state index contributed by atoms with van der Waals surface area (Å²) in [5.41, 5.74) is 0.559. The number of hydrogen-bond donors (Lipinski definition) is 0. The van der Waals surface area contributed by atoms with E-state index in [4.69, 9.17) is 0 Å². The van der Waals surface area contributed by atoms with E-state index in [1.165, 1.54) is 11.0 Å². The Hall–Kier alpha value is -2.70. The number of likely N-dealkylation sites (tertiary alicyclic amines) is 1. The number of carbonyl (C=O) groups is 3. The molecule has 2 aliphatic heterocycles. The smallest absolute Gasteiger partial charge is 0.233 e. The quantitative estimate of drug-likeness (QED) is 0.562. The first kappa shape index (κ1) is 19.3. The lowest BCUT2D eigenvalue weighted by atomic mass is 9.63. The fourth-order valence-corrected chi connectivity index (χ4v) is 5.63. The Labute approximate surface area is 175 Å². The van der Waals surface area contributed by atoms with Crippen molar-refractivity contribution < 1.29 is 18.8 Å². The van der Waals surface area contributed by atoms with E-state index < -0.39 is 0 Å². The van der Waals surface area contributed by atoms with Crippen LogP contribution in [0.2, 0.25) is 0 Å². The molecule has 4 atom stereocenters. The van der Waals surface area contributed by atoms with Crippen LogP contribution in [0.25, 0.3) is 0 Å². The van der Waals surface area contributed by atoms with E-state index in [1.807, 2.05) is 4.90 Å². The van der Waals surface area contributed by atoms with E-state index in [2.05, 4.69) is 12.2 Å². The van der Waals surface area contributed by atoms with Crippen molar-refractivity contribution in [2.24, 2.45) is 23.7 Å². The second kappa shape index (κ2) is 7.52. The number of imide groups is 1. The van der Waals surface area contributed by atoms with Crippen LogP contribution in [0, 0.1) is 29.5 Å². The third kappa shape index (κ3) is 3.11. The van der Waals surface area contributed by atoms with Gasteiger partial charge in [-0.1, -0.05) is 24.3 Å². The van der Waals surface area contributed by atoms with Gasteiger partial charge in [-0.05, 0) is 36.8 Å². The van der Waals surface area contributed by atoms with Gasteiger partial charge in [0.25, 0.3) is 0 Å². The van der Waals surface area contributed by atoms with Crippen molar-refractivity contribution in [1.29, 1.82) is 0 Å². The minimum atomic E-state index is -0.256. The number of amides is 3. The third-order valence-corrected chi connectivity index (χ3v) is 7.23. The van der Waals surface area contributed by atoms with E-state index in [1.54, 1.807) is 23.1 Å². The van der Waals surface area contributed by atoms with Crippen LogP contribution >= 0.6 is 0 Å². The molecule has 1 aromatic rings. The Balaban J connectivity index is 1.16. The topological polar surface area (TPSA) is 60.9 Å². The van der Waals surface area contributed by atoms with E-state index >= 15 is 0 Å². The standard InChI is InChI=1S/C23H26FN3O3/c24-17-3-1-2-4-18(17)25-11-13-26(14-12-25)19(28)9-10-27-22(29)20-15-5-6-16(8-7-15)21(20)23(27)30/h1-6,15-16,20-21H,7-14H2/t15-,16-,20-,21+/m0/s1. The number of hydrogen-bond acceptors (Lipinski definition) is 4. The van der Waals surface area contributed by atoms with Gasteiger partial charge in [0.1, 0.15) is 5.82 Å². The van der Waals surface area contributed by atoms with Crippen molar-refractivity contribution >= 4 is 23.4 Å². The van der Waals surface area contributed by atoms with Gasteiger partial charge in [0.2, 0.25) is 17.7 Å². The summed E-state index contributed by atoms with van der Waals surface area (Å²) < 4.78 is 14.0. The maximum atomic E-state index is 14.0. The summed E-state index contributed by atoms with van der Waals surface area (Å²) >= 11 is 0. The highest BCUT2D eigenvalue weighted by Crippen LogP contribution is 2.49. The monoisotopic (exact) mass is 411 g/mol. The number of halogens is 1. The number of carbonyl (C=O) groups excluding carboxylic acids is 3. The molecular formula is C23H26FN3O3. The molecule has 0 unspecified atom stereocenters. The zero-order valence-electron chi connectivity index (χ0n) is 16.9. The fraction of sp³-hybridized carbons (Fsp3) is 0.522. The van der Waals surface area contributed by atoms with Gasteiger partial charge in [-0.25, -0.2) is 4.39 Å². The molecule has 1 aromatic carbocycles. The Morgan fingerprint density at radius 3 is 2.10 bits per heavy atom. The molecule has 0 radical (unpaired) electrons. The van der Waals surface area contributed by atoms with Crippen LogP contribution in [0.15, 0.2) is 36.4 Å². The first-order chi connectivity index (χ1) is 14.5. The summed E-state index contributed by atoms with van der Waals surface area (Å²) in [7, 11) is 0. The number of allylic oxidation sites excluding steroid dienone is 2. The molecule has 6 nitrogen and oxygen atoms in total. The summed E-state index contributed by atoms with van der Waals surface area (Å²) in [6.45, 7) is 2.31. The van der Waals surface area contributed by atoms with Gasteiger partial charge < -0.3 is 9.80 Å². The molecule has 1 saturated carbocycles. The maximum absolute atomic E-state index is 14.0. The van der Waals surface area contributed by atoms with Crippen molar-refractivity contribution in [3.63, 3.8) is 0 Å². The molecule has 0 spiro atoms. The minimum Gasteiger partial charge on any atom is -0.366 e. The van der Waals surface area contributed by atoms with Gasteiger partial charge >= 0.3 is 0 Å². The average Bonchev–Trinajstić information content (AvgIpc) is 3.05. The molecule has 6 rings (SSSR count). The zero-order valence-corrected chi connectivity index (χ0v) is 16.9. The number of piperazine rings is 1. The molecule has 2 saturated heterocycles. The summed E-state index contributed by atoms with van der Waals surface area (Å²) in [5, 5.41) is 0. The van der Waals surface area contributed by atoms with Crippen LogP contribution in [0.4, 0.5) is 10.1 Å². The molecule has 2 bridgehead atoms. The first-order valence-electron chi connectivity index (χ1n) is 10.9. The minimum absolute atomic E-state index is 0.0558. The van der Waals surface area contributed by atoms with Crippen LogP contribution in [0.5, 0.6) is 0 Å². The van der Waals surface area contributed by atoms with Crippen LogP contribution in [0.3, 0.4) is 0 Å². The second-order valence-electron chi connectivity index (χ2n) is 8.74. The third-order valence-electron chi connectivity index (χ3n) is 7.23. The molecule has 3 fully saturated rings. The summed E-state index contributed by atoms with van der Waals surface area (Å²) in [4.78, 5) is 43.5. The number of rotatable bonds is 4. The lowest BCUT2D eigenvalue weighted by Gasteiger charge is -2.38. The number of benzene rings is 1. The predicted octanol–water partition coefficient (Wildman–Crippen LogP) is 2.06. The molecular weight excluding hydrogens is 385 g/mol. The van der Waals surface area contributed by atoms with Gasteiger partial charge in [-0.15, -0.1) is 0 Å². The Bertz CT molecular complexity index is 877. The van der Waals surface area contributed by atoms with Crippen molar-refractivity contribution in [2.75, 3.05) is 37.6 Å². The lowest BCUT2D eigenvalue weighted by molar-refractivity contribution is -0.141. The fourth-order valence-electron chi connectivity index (χ4n) is 5.63. The highest BCUT2D eigenvalue weighted by atomic mass is 19.1. The van der Waals surface area contributed by atoms with Crippen LogP contribution < -0.4 is 4.90 Å². The van der Waals surface area contributed by atoms with Crippen molar-refractivity contribution in [3.05, 3.63) is 42.2 Å². The van der Waals surface area contributed by atoms with E-state index in [-0.39, 0.29) is 60.2 Å². The van der Waals surface area contributed by atoms with Gasteiger partial charge in [0.15, 0.2) is 0 Å². The second-order valence-corrected chi connectivity index (χ2v) is 8.74. The van der Waals surface area contributed by atoms with Crippen molar-refractivity contribution in [3.8, 4) is 0 Å². The van der Waals surface area contributed by atoms with E-state index in [0.717, 1.165) is 12.8 Å². The molecule has 5 aliphatic rings. The Morgan fingerprint density at radius 2 is 1.53 bits per heavy atom. The van der Waals surface area contributed by atoms with Gasteiger partial charge in [0, 0.05) is 39.1 Å². The Morgan fingerprint density at radius 1 is 0.933 bits per heavy atom. The van der Waals surface area contributed by atoms with Crippen LogP contribution in [-0.2, 0) is 14.4 Å². The molecule has 3 aliphatic carbocycles. The lowest BCUT2D eigenvalue weighted by Crippen LogP contribution is -2.49. The van der Waals surface area contributed by atoms with Crippen LogP contribution in [-0.4, -0.2) is 60.2 Å². The van der Waals surface area contributed by atoms with Gasteiger partial charge in [-0.3, -0.25) is 19.3 Å². The van der Waals surface area contributed by atoms with Crippen LogP contribution in [0.1, 0.15) is 19.3 Å². The van der Waals surface area contributed by atoms with E-state index in [0.29, 0.717) is 31.9 Å². The number of anilines is 1.